The number of carbonyl (C=O) groups is 1. The first-order valence-corrected chi connectivity index (χ1v) is 6.54. The van der Waals surface area contributed by atoms with Gasteiger partial charge in [0.15, 0.2) is 5.76 Å². The summed E-state index contributed by atoms with van der Waals surface area (Å²) in [4.78, 5) is 12.2. The molecule has 0 saturated heterocycles. The molecule has 2 aromatic carbocycles. The van der Waals surface area contributed by atoms with Crippen molar-refractivity contribution in [3.63, 3.8) is 0 Å². The number of phenolic OH excluding ortho intramolecular Hbond substituents is 1. The number of aromatic hydroxyl groups is 1. The molecule has 1 aliphatic heterocycles. The summed E-state index contributed by atoms with van der Waals surface area (Å²) in [6.07, 6.45) is 2.65. The van der Waals surface area contributed by atoms with E-state index >= 15 is 0 Å². The van der Waals surface area contributed by atoms with Gasteiger partial charge in [0.2, 0.25) is 5.78 Å². The van der Waals surface area contributed by atoms with Crippen LogP contribution in [0.5, 0.6) is 11.5 Å². The van der Waals surface area contributed by atoms with Crippen LogP contribution < -0.4 is 4.74 Å². The second-order valence-electron chi connectivity index (χ2n) is 4.67. The van der Waals surface area contributed by atoms with E-state index in [1.807, 2.05) is 24.3 Å². The molecule has 0 fully saturated rings. The number of phenols is 1. The lowest BCUT2D eigenvalue weighted by molar-refractivity contribution is 0.101. The first-order chi connectivity index (χ1) is 9.69. The van der Waals surface area contributed by atoms with Crippen LogP contribution in [0.2, 0.25) is 0 Å². The Morgan fingerprint density at radius 3 is 2.80 bits per heavy atom. The van der Waals surface area contributed by atoms with Gasteiger partial charge in [-0.1, -0.05) is 31.2 Å². The molecule has 0 atom stereocenters. The fourth-order valence-corrected chi connectivity index (χ4v) is 2.31. The SMILES string of the molecule is CCc1ccccc1C=C1Oc2cc(O)ccc2C1=O. The van der Waals surface area contributed by atoms with Crippen molar-refractivity contribution in [3.05, 3.63) is 64.9 Å². The Balaban J connectivity index is 2.01. The van der Waals surface area contributed by atoms with Gasteiger partial charge in [0, 0.05) is 6.07 Å². The zero-order valence-corrected chi connectivity index (χ0v) is 11.1. The molecule has 0 aliphatic carbocycles. The quantitative estimate of drug-likeness (QED) is 0.845. The van der Waals surface area contributed by atoms with Crippen LogP contribution in [0.1, 0.15) is 28.4 Å². The predicted octanol–water partition coefficient (Wildman–Crippen LogP) is 3.57. The summed E-state index contributed by atoms with van der Waals surface area (Å²) in [5, 5.41) is 9.43. The third kappa shape index (κ3) is 2.07. The van der Waals surface area contributed by atoms with E-state index in [1.54, 1.807) is 12.1 Å². The van der Waals surface area contributed by atoms with E-state index in [0.717, 1.165) is 17.5 Å². The number of fused-ring (bicyclic) bond motifs is 1. The molecular formula is C17H14O3. The van der Waals surface area contributed by atoms with Crippen molar-refractivity contribution >= 4 is 11.9 Å². The molecule has 0 amide bonds. The summed E-state index contributed by atoms with van der Waals surface area (Å²) in [5.74, 6) is 0.652. The number of ether oxygens (including phenoxy) is 1. The topological polar surface area (TPSA) is 46.5 Å². The first-order valence-electron chi connectivity index (χ1n) is 6.54. The molecule has 1 aliphatic rings. The Bertz CT molecular complexity index is 714. The van der Waals surface area contributed by atoms with Crippen molar-refractivity contribution in [3.8, 4) is 11.5 Å². The molecule has 0 radical (unpaired) electrons. The maximum absolute atomic E-state index is 12.2. The molecule has 0 spiro atoms. The average Bonchev–Trinajstić information content (AvgIpc) is 2.75. The van der Waals surface area contributed by atoms with Gasteiger partial charge < -0.3 is 9.84 Å². The number of rotatable bonds is 2. The van der Waals surface area contributed by atoms with Gasteiger partial charge in [0.25, 0.3) is 0 Å². The van der Waals surface area contributed by atoms with Crippen LogP contribution in [0.3, 0.4) is 0 Å². The van der Waals surface area contributed by atoms with E-state index < -0.39 is 0 Å². The largest absolute Gasteiger partial charge is 0.508 e. The van der Waals surface area contributed by atoms with Crippen LogP contribution >= 0.6 is 0 Å². The van der Waals surface area contributed by atoms with Gasteiger partial charge in [0.1, 0.15) is 11.5 Å². The van der Waals surface area contributed by atoms with Gasteiger partial charge in [-0.3, -0.25) is 4.79 Å². The number of hydrogen-bond donors (Lipinski definition) is 1. The van der Waals surface area contributed by atoms with E-state index in [9.17, 15) is 9.90 Å². The smallest absolute Gasteiger partial charge is 0.231 e. The first kappa shape index (κ1) is 12.5. The summed E-state index contributed by atoms with van der Waals surface area (Å²) in [7, 11) is 0. The lowest BCUT2D eigenvalue weighted by Gasteiger charge is -2.03. The van der Waals surface area contributed by atoms with E-state index in [1.165, 1.54) is 12.1 Å². The van der Waals surface area contributed by atoms with Crippen molar-refractivity contribution in [2.75, 3.05) is 0 Å². The van der Waals surface area contributed by atoms with Gasteiger partial charge in [-0.05, 0) is 35.8 Å². The zero-order valence-electron chi connectivity index (χ0n) is 11.1. The Labute approximate surface area is 117 Å². The Morgan fingerprint density at radius 1 is 1.20 bits per heavy atom. The highest BCUT2D eigenvalue weighted by atomic mass is 16.5. The molecule has 20 heavy (non-hydrogen) atoms. The Hall–Kier alpha value is -2.55. The van der Waals surface area contributed by atoms with Crippen LogP contribution in [0.25, 0.3) is 6.08 Å². The fourth-order valence-electron chi connectivity index (χ4n) is 2.31. The molecule has 0 bridgehead atoms. The van der Waals surface area contributed by atoms with E-state index in [4.69, 9.17) is 4.74 Å². The van der Waals surface area contributed by atoms with Crippen LogP contribution in [0, 0.1) is 0 Å². The fraction of sp³-hybridized carbons (Fsp3) is 0.118. The molecule has 0 saturated carbocycles. The summed E-state index contributed by atoms with van der Waals surface area (Å²) in [6.45, 7) is 2.07. The highest BCUT2D eigenvalue weighted by Crippen LogP contribution is 2.34. The monoisotopic (exact) mass is 266 g/mol. The minimum Gasteiger partial charge on any atom is -0.508 e. The van der Waals surface area contributed by atoms with Crippen molar-refractivity contribution in [1.82, 2.24) is 0 Å². The maximum atomic E-state index is 12.2. The molecule has 3 heteroatoms. The number of aryl methyl sites for hydroxylation is 1. The minimum absolute atomic E-state index is 0.0896. The Morgan fingerprint density at radius 2 is 2.00 bits per heavy atom. The summed E-state index contributed by atoms with van der Waals surface area (Å²) in [5.41, 5.74) is 2.63. The number of benzene rings is 2. The van der Waals surface area contributed by atoms with Gasteiger partial charge in [0.05, 0.1) is 5.56 Å². The molecule has 1 N–H and O–H groups in total. The maximum Gasteiger partial charge on any atom is 0.231 e. The lowest BCUT2D eigenvalue weighted by Crippen LogP contribution is -1.99. The summed E-state index contributed by atoms with van der Waals surface area (Å²) < 4.78 is 5.56. The predicted molar refractivity (Wildman–Crippen MR) is 76.9 cm³/mol. The molecule has 0 unspecified atom stereocenters. The normalized spacial score (nSPS) is 15.2. The number of ketones is 1. The summed E-state index contributed by atoms with van der Waals surface area (Å²) in [6, 6.07) is 12.4. The van der Waals surface area contributed by atoms with Crippen LogP contribution in [-0.2, 0) is 6.42 Å². The van der Waals surface area contributed by atoms with Gasteiger partial charge in [-0.2, -0.15) is 0 Å². The van der Waals surface area contributed by atoms with E-state index in [2.05, 4.69) is 6.92 Å². The van der Waals surface area contributed by atoms with Crippen molar-refractivity contribution < 1.29 is 14.6 Å². The Kier molecular flexibility index (Phi) is 3.03. The molecular weight excluding hydrogens is 252 g/mol. The lowest BCUT2D eigenvalue weighted by atomic mass is 10.0. The number of carbonyl (C=O) groups excluding carboxylic acids is 1. The molecule has 3 rings (SSSR count). The second kappa shape index (κ2) is 4.85. The van der Waals surface area contributed by atoms with Crippen molar-refractivity contribution in [1.29, 1.82) is 0 Å². The molecule has 100 valence electrons. The van der Waals surface area contributed by atoms with Crippen molar-refractivity contribution in [2.45, 2.75) is 13.3 Å². The van der Waals surface area contributed by atoms with Crippen LogP contribution in [0.4, 0.5) is 0 Å². The number of Topliss-reactive ketones (excluding diaryl/α,β-unsaturated/α-hetero) is 1. The third-order valence-electron chi connectivity index (χ3n) is 3.38. The van der Waals surface area contributed by atoms with Gasteiger partial charge in [-0.25, -0.2) is 0 Å². The van der Waals surface area contributed by atoms with Crippen LogP contribution in [-0.4, -0.2) is 10.9 Å². The molecule has 3 nitrogen and oxygen atoms in total. The molecule has 0 aromatic heterocycles. The van der Waals surface area contributed by atoms with E-state index in [0.29, 0.717) is 17.1 Å². The van der Waals surface area contributed by atoms with Crippen molar-refractivity contribution in [2.24, 2.45) is 0 Å². The highest BCUT2D eigenvalue weighted by Gasteiger charge is 2.27. The van der Waals surface area contributed by atoms with Crippen LogP contribution in [0.15, 0.2) is 48.2 Å². The standard InChI is InChI=1S/C17H14O3/c1-2-11-5-3-4-6-12(11)9-16-17(19)14-8-7-13(18)10-15(14)20-16/h3-10,18H,2H2,1H3. The van der Waals surface area contributed by atoms with Gasteiger partial charge in [-0.15, -0.1) is 0 Å². The third-order valence-corrected chi connectivity index (χ3v) is 3.38. The highest BCUT2D eigenvalue weighted by molar-refractivity contribution is 6.14. The molecule has 1 heterocycles. The minimum atomic E-state index is -0.147. The number of allylic oxidation sites excluding steroid dienone is 1. The van der Waals surface area contributed by atoms with E-state index in [-0.39, 0.29) is 11.5 Å². The number of hydrogen-bond acceptors (Lipinski definition) is 3. The summed E-state index contributed by atoms with van der Waals surface area (Å²) >= 11 is 0. The average molecular weight is 266 g/mol. The zero-order chi connectivity index (χ0) is 14.1. The molecule has 2 aromatic rings. The second-order valence-corrected chi connectivity index (χ2v) is 4.67. The van der Waals surface area contributed by atoms with Gasteiger partial charge >= 0.3 is 0 Å².